The van der Waals surface area contributed by atoms with Crippen molar-refractivity contribution >= 4 is 23.7 Å². The number of hydrogen-bond donors (Lipinski definition) is 1. The Bertz CT molecular complexity index is 569. The van der Waals surface area contributed by atoms with Gasteiger partial charge in [-0.05, 0) is 29.8 Å². The molecule has 0 saturated carbocycles. The minimum atomic E-state index is -0.282. The molecule has 1 aromatic heterocycles. The van der Waals surface area contributed by atoms with Crippen LogP contribution in [-0.2, 0) is 0 Å². The summed E-state index contributed by atoms with van der Waals surface area (Å²) in [6.45, 7) is 0. The zero-order valence-corrected chi connectivity index (χ0v) is 10.1. The Morgan fingerprint density at radius 1 is 1.28 bits per heavy atom. The maximum Gasteiger partial charge on any atom is 0.271 e. The van der Waals surface area contributed by atoms with Gasteiger partial charge >= 0.3 is 0 Å². The van der Waals surface area contributed by atoms with Crippen molar-refractivity contribution in [2.75, 3.05) is 0 Å². The highest BCUT2D eigenvalue weighted by molar-refractivity contribution is 6.30. The first-order valence-electron chi connectivity index (χ1n) is 5.25. The Kier molecular flexibility index (Phi) is 4.04. The molecule has 0 fully saturated rings. The van der Waals surface area contributed by atoms with Gasteiger partial charge in [0.2, 0.25) is 0 Å². The number of carbonyl (C=O) groups excluding carboxylic acids is 1. The Hall–Kier alpha value is -2.20. The largest absolute Gasteiger partial charge is 0.271 e. The number of benzene rings is 1. The SMILES string of the molecule is O=C(N/N=C\c1cccc(Cl)c1)c1ccncc1. The molecule has 0 atom stereocenters. The van der Waals surface area contributed by atoms with Crippen LogP contribution in [0.3, 0.4) is 0 Å². The Morgan fingerprint density at radius 2 is 2.06 bits per heavy atom. The first kappa shape index (κ1) is 12.3. The summed E-state index contributed by atoms with van der Waals surface area (Å²) >= 11 is 5.83. The summed E-state index contributed by atoms with van der Waals surface area (Å²) in [5.41, 5.74) is 3.75. The lowest BCUT2D eigenvalue weighted by atomic mass is 10.2. The topological polar surface area (TPSA) is 54.4 Å². The van der Waals surface area contributed by atoms with E-state index >= 15 is 0 Å². The van der Waals surface area contributed by atoms with Crippen molar-refractivity contribution < 1.29 is 4.79 Å². The molecule has 1 heterocycles. The molecule has 0 saturated heterocycles. The van der Waals surface area contributed by atoms with E-state index < -0.39 is 0 Å². The lowest BCUT2D eigenvalue weighted by molar-refractivity contribution is 0.0955. The summed E-state index contributed by atoms with van der Waals surface area (Å²) in [6, 6.07) is 10.4. The summed E-state index contributed by atoms with van der Waals surface area (Å²) in [7, 11) is 0. The predicted molar refractivity (Wildman–Crippen MR) is 70.7 cm³/mol. The van der Waals surface area contributed by atoms with Crippen LogP contribution in [0.5, 0.6) is 0 Å². The summed E-state index contributed by atoms with van der Waals surface area (Å²) < 4.78 is 0. The maximum absolute atomic E-state index is 11.6. The van der Waals surface area contributed by atoms with E-state index in [0.717, 1.165) is 5.56 Å². The van der Waals surface area contributed by atoms with E-state index in [-0.39, 0.29) is 5.91 Å². The fourth-order valence-electron chi connectivity index (χ4n) is 1.32. The third-order valence-electron chi connectivity index (χ3n) is 2.17. The number of nitrogens with zero attached hydrogens (tertiary/aromatic N) is 2. The molecule has 0 radical (unpaired) electrons. The second kappa shape index (κ2) is 5.93. The van der Waals surface area contributed by atoms with Gasteiger partial charge in [0, 0.05) is 23.0 Å². The van der Waals surface area contributed by atoms with Crippen molar-refractivity contribution in [1.82, 2.24) is 10.4 Å². The highest BCUT2D eigenvalue weighted by Crippen LogP contribution is 2.08. The molecular formula is C13H10ClN3O. The number of nitrogens with one attached hydrogen (secondary N) is 1. The number of pyridine rings is 1. The van der Waals surface area contributed by atoms with Crippen molar-refractivity contribution in [2.45, 2.75) is 0 Å². The molecule has 90 valence electrons. The van der Waals surface area contributed by atoms with E-state index in [2.05, 4.69) is 15.5 Å². The van der Waals surface area contributed by atoms with E-state index in [1.165, 1.54) is 6.21 Å². The van der Waals surface area contributed by atoms with Crippen LogP contribution in [0, 0.1) is 0 Å². The van der Waals surface area contributed by atoms with Crippen molar-refractivity contribution in [3.8, 4) is 0 Å². The molecule has 0 aliphatic rings. The lowest BCUT2D eigenvalue weighted by Crippen LogP contribution is -2.17. The van der Waals surface area contributed by atoms with Crippen LogP contribution in [0.25, 0.3) is 0 Å². The number of rotatable bonds is 3. The van der Waals surface area contributed by atoms with Crippen LogP contribution >= 0.6 is 11.6 Å². The summed E-state index contributed by atoms with van der Waals surface area (Å²) in [6.07, 6.45) is 4.64. The van der Waals surface area contributed by atoms with Crippen molar-refractivity contribution in [3.63, 3.8) is 0 Å². The molecule has 18 heavy (non-hydrogen) atoms. The number of amides is 1. The van der Waals surface area contributed by atoms with Gasteiger partial charge < -0.3 is 0 Å². The van der Waals surface area contributed by atoms with Gasteiger partial charge in [-0.3, -0.25) is 9.78 Å². The highest BCUT2D eigenvalue weighted by atomic mass is 35.5. The predicted octanol–water partition coefficient (Wildman–Crippen LogP) is 2.50. The Morgan fingerprint density at radius 3 is 2.78 bits per heavy atom. The molecule has 1 amide bonds. The minimum absolute atomic E-state index is 0.282. The first-order valence-corrected chi connectivity index (χ1v) is 5.62. The standard InChI is InChI=1S/C13H10ClN3O/c14-12-3-1-2-10(8-12)9-16-17-13(18)11-4-6-15-7-5-11/h1-9H,(H,17,18)/b16-9-. The quantitative estimate of drug-likeness (QED) is 0.680. The van der Waals surface area contributed by atoms with Gasteiger partial charge in [0.15, 0.2) is 0 Å². The fourth-order valence-corrected chi connectivity index (χ4v) is 1.52. The third kappa shape index (κ3) is 3.40. The zero-order chi connectivity index (χ0) is 12.8. The molecule has 1 N–H and O–H groups in total. The molecule has 2 aromatic rings. The van der Waals surface area contributed by atoms with Gasteiger partial charge in [-0.15, -0.1) is 0 Å². The van der Waals surface area contributed by atoms with Gasteiger partial charge in [0.25, 0.3) is 5.91 Å². The average Bonchev–Trinajstić information content (AvgIpc) is 2.40. The Labute approximate surface area is 109 Å². The lowest BCUT2D eigenvalue weighted by Gasteiger charge is -1.98. The molecule has 1 aromatic carbocycles. The van der Waals surface area contributed by atoms with Crippen LogP contribution < -0.4 is 5.43 Å². The van der Waals surface area contributed by atoms with E-state index in [4.69, 9.17) is 11.6 Å². The molecule has 0 unspecified atom stereocenters. The molecular weight excluding hydrogens is 250 g/mol. The number of hydrogen-bond acceptors (Lipinski definition) is 3. The second-order valence-electron chi connectivity index (χ2n) is 3.49. The van der Waals surface area contributed by atoms with E-state index in [9.17, 15) is 4.79 Å². The van der Waals surface area contributed by atoms with Gasteiger partial charge in [0.05, 0.1) is 6.21 Å². The van der Waals surface area contributed by atoms with E-state index in [1.54, 1.807) is 36.7 Å². The van der Waals surface area contributed by atoms with Gasteiger partial charge in [-0.2, -0.15) is 5.10 Å². The number of aromatic nitrogens is 1. The zero-order valence-electron chi connectivity index (χ0n) is 9.38. The normalized spacial score (nSPS) is 10.5. The Balaban J connectivity index is 1.98. The van der Waals surface area contributed by atoms with Crippen LogP contribution in [0.2, 0.25) is 5.02 Å². The summed E-state index contributed by atoms with van der Waals surface area (Å²) in [4.78, 5) is 15.5. The van der Waals surface area contributed by atoms with Crippen LogP contribution in [0.4, 0.5) is 0 Å². The van der Waals surface area contributed by atoms with Crippen LogP contribution in [0.1, 0.15) is 15.9 Å². The molecule has 0 bridgehead atoms. The van der Waals surface area contributed by atoms with Crippen LogP contribution in [0.15, 0.2) is 53.9 Å². The molecule has 5 heteroatoms. The summed E-state index contributed by atoms with van der Waals surface area (Å²) in [5, 5.41) is 4.48. The highest BCUT2D eigenvalue weighted by Gasteiger charge is 2.01. The smallest absolute Gasteiger partial charge is 0.267 e. The molecule has 0 spiro atoms. The summed E-state index contributed by atoms with van der Waals surface area (Å²) in [5.74, 6) is -0.282. The third-order valence-corrected chi connectivity index (χ3v) is 2.41. The molecule has 4 nitrogen and oxygen atoms in total. The minimum Gasteiger partial charge on any atom is -0.267 e. The van der Waals surface area contributed by atoms with Crippen molar-refractivity contribution in [3.05, 3.63) is 64.9 Å². The van der Waals surface area contributed by atoms with Gasteiger partial charge in [-0.1, -0.05) is 23.7 Å². The first-order chi connectivity index (χ1) is 8.75. The second-order valence-corrected chi connectivity index (χ2v) is 3.93. The average molecular weight is 260 g/mol. The van der Waals surface area contributed by atoms with Crippen molar-refractivity contribution in [2.24, 2.45) is 5.10 Å². The number of hydrazone groups is 1. The van der Waals surface area contributed by atoms with Crippen LogP contribution in [-0.4, -0.2) is 17.1 Å². The number of carbonyl (C=O) groups is 1. The van der Waals surface area contributed by atoms with Gasteiger partial charge in [-0.25, -0.2) is 5.43 Å². The van der Waals surface area contributed by atoms with E-state index in [1.807, 2.05) is 12.1 Å². The molecule has 0 aliphatic heterocycles. The fraction of sp³-hybridized carbons (Fsp3) is 0. The number of halogens is 1. The maximum atomic E-state index is 11.6. The van der Waals surface area contributed by atoms with E-state index in [0.29, 0.717) is 10.6 Å². The molecule has 2 rings (SSSR count). The van der Waals surface area contributed by atoms with Crippen molar-refractivity contribution in [1.29, 1.82) is 0 Å². The van der Waals surface area contributed by atoms with Gasteiger partial charge in [0.1, 0.15) is 0 Å². The molecule has 0 aliphatic carbocycles. The monoisotopic (exact) mass is 259 g/mol.